The third-order valence-corrected chi connectivity index (χ3v) is 2.76. The van der Waals surface area contributed by atoms with Gasteiger partial charge in [0.05, 0.1) is 18.1 Å². The van der Waals surface area contributed by atoms with Gasteiger partial charge in [0.15, 0.2) is 11.5 Å². The van der Waals surface area contributed by atoms with Gasteiger partial charge in [-0.2, -0.15) is 13.2 Å². The second-order valence-corrected chi connectivity index (χ2v) is 4.09. The number of hydrogen-bond acceptors (Lipinski definition) is 4. The zero-order chi connectivity index (χ0) is 14.0. The van der Waals surface area contributed by atoms with Crippen LogP contribution in [0.5, 0.6) is 0 Å². The Morgan fingerprint density at radius 3 is 2.74 bits per heavy atom. The molecule has 0 aliphatic rings. The van der Waals surface area contributed by atoms with E-state index in [1.165, 1.54) is 13.2 Å². The van der Waals surface area contributed by atoms with Crippen LogP contribution in [0.2, 0.25) is 0 Å². The molecule has 0 amide bonds. The zero-order valence-corrected chi connectivity index (χ0v) is 10.2. The lowest BCUT2D eigenvalue weighted by Crippen LogP contribution is -2.24. The lowest BCUT2D eigenvalue weighted by molar-refractivity contribution is -0.137. The Morgan fingerprint density at radius 1 is 1.42 bits per heavy atom. The minimum absolute atomic E-state index is 0.177. The highest BCUT2D eigenvalue weighted by atomic mass is 19.4. The molecule has 1 heterocycles. The number of aromatic nitrogens is 1. The summed E-state index contributed by atoms with van der Waals surface area (Å²) in [7, 11) is 1.50. The SMILES string of the molecule is COC(CN)Cc1nc2cc(C(F)(F)F)ccc2o1. The van der Waals surface area contributed by atoms with E-state index in [2.05, 4.69) is 4.98 Å². The van der Waals surface area contributed by atoms with Crippen molar-refractivity contribution in [2.24, 2.45) is 5.73 Å². The molecule has 2 aromatic rings. The van der Waals surface area contributed by atoms with Gasteiger partial charge in [0.1, 0.15) is 5.52 Å². The molecule has 0 radical (unpaired) electrons. The van der Waals surface area contributed by atoms with Crippen LogP contribution in [-0.4, -0.2) is 24.7 Å². The van der Waals surface area contributed by atoms with Crippen molar-refractivity contribution in [1.29, 1.82) is 0 Å². The average Bonchev–Trinajstić information content (AvgIpc) is 2.76. The molecular formula is C12H13F3N2O2. The van der Waals surface area contributed by atoms with Crippen molar-refractivity contribution in [2.75, 3.05) is 13.7 Å². The fourth-order valence-electron chi connectivity index (χ4n) is 1.70. The molecule has 4 nitrogen and oxygen atoms in total. The predicted octanol–water partition coefficient (Wildman–Crippen LogP) is 2.36. The molecule has 0 aliphatic heterocycles. The fourth-order valence-corrected chi connectivity index (χ4v) is 1.70. The third-order valence-electron chi connectivity index (χ3n) is 2.76. The molecule has 0 aliphatic carbocycles. The van der Waals surface area contributed by atoms with Gasteiger partial charge in [0, 0.05) is 13.7 Å². The Bertz CT molecular complexity index is 562. The summed E-state index contributed by atoms with van der Waals surface area (Å²) < 4.78 is 48.1. The van der Waals surface area contributed by atoms with Gasteiger partial charge < -0.3 is 14.9 Å². The van der Waals surface area contributed by atoms with Crippen LogP contribution in [0.4, 0.5) is 13.2 Å². The standard InChI is InChI=1S/C12H13F3N2O2/c1-18-8(6-16)5-11-17-9-4-7(12(13,14)15)2-3-10(9)19-11/h2-4,8H,5-6,16H2,1H3. The first kappa shape index (κ1) is 13.8. The topological polar surface area (TPSA) is 61.3 Å². The van der Waals surface area contributed by atoms with E-state index >= 15 is 0 Å². The normalized spacial score (nSPS) is 13.9. The van der Waals surface area contributed by atoms with Gasteiger partial charge in [-0.15, -0.1) is 0 Å². The molecule has 104 valence electrons. The third kappa shape index (κ3) is 3.05. The molecular weight excluding hydrogens is 261 g/mol. The molecule has 0 bridgehead atoms. The van der Waals surface area contributed by atoms with E-state index in [-0.39, 0.29) is 18.2 Å². The summed E-state index contributed by atoms with van der Waals surface area (Å²) in [5, 5.41) is 0. The maximum Gasteiger partial charge on any atom is 0.416 e. The predicted molar refractivity (Wildman–Crippen MR) is 62.6 cm³/mol. The number of nitrogens with zero attached hydrogens (tertiary/aromatic N) is 1. The van der Waals surface area contributed by atoms with Crippen molar-refractivity contribution in [1.82, 2.24) is 4.98 Å². The molecule has 1 aromatic heterocycles. The number of methoxy groups -OCH3 is 1. The lowest BCUT2D eigenvalue weighted by Gasteiger charge is -2.09. The summed E-state index contributed by atoms with van der Waals surface area (Å²) in [4.78, 5) is 4.02. The summed E-state index contributed by atoms with van der Waals surface area (Å²) in [5.41, 5.74) is 5.21. The number of halogens is 3. The van der Waals surface area contributed by atoms with E-state index in [1.54, 1.807) is 0 Å². The number of hydrogen-bond donors (Lipinski definition) is 1. The average molecular weight is 274 g/mol. The quantitative estimate of drug-likeness (QED) is 0.929. The Morgan fingerprint density at radius 2 is 2.16 bits per heavy atom. The minimum atomic E-state index is -4.39. The molecule has 1 atom stereocenters. The number of oxazole rings is 1. The van der Waals surface area contributed by atoms with Crippen molar-refractivity contribution >= 4 is 11.1 Å². The van der Waals surface area contributed by atoms with Crippen molar-refractivity contribution in [3.05, 3.63) is 29.7 Å². The summed E-state index contributed by atoms with van der Waals surface area (Å²) in [6, 6.07) is 3.19. The second kappa shape index (κ2) is 5.18. The Kier molecular flexibility index (Phi) is 3.77. The van der Waals surface area contributed by atoms with Gasteiger partial charge in [0.2, 0.25) is 0 Å². The first-order valence-corrected chi connectivity index (χ1v) is 5.63. The minimum Gasteiger partial charge on any atom is -0.441 e. The molecule has 1 unspecified atom stereocenters. The molecule has 0 spiro atoms. The lowest BCUT2D eigenvalue weighted by atomic mass is 10.2. The highest BCUT2D eigenvalue weighted by Gasteiger charge is 2.31. The number of rotatable bonds is 4. The van der Waals surface area contributed by atoms with Crippen LogP contribution >= 0.6 is 0 Å². The van der Waals surface area contributed by atoms with Crippen LogP contribution in [0.15, 0.2) is 22.6 Å². The monoisotopic (exact) mass is 274 g/mol. The van der Waals surface area contributed by atoms with E-state index in [9.17, 15) is 13.2 Å². The summed E-state index contributed by atoms with van der Waals surface area (Å²) in [5.74, 6) is 0.312. The van der Waals surface area contributed by atoms with Crippen LogP contribution < -0.4 is 5.73 Å². The molecule has 19 heavy (non-hydrogen) atoms. The van der Waals surface area contributed by atoms with E-state index in [0.29, 0.717) is 17.9 Å². The molecule has 0 fully saturated rings. The van der Waals surface area contributed by atoms with Crippen LogP contribution in [0.25, 0.3) is 11.1 Å². The summed E-state index contributed by atoms with van der Waals surface area (Å²) in [6.45, 7) is 0.281. The summed E-state index contributed by atoms with van der Waals surface area (Å²) in [6.07, 6.45) is -4.34. The summed E-state index contributed by atoms with van der Waals surface area (Å²) >= 11 is 0. The van der Waals surface area contributed by atoms with Gasteiger partial charge >= 0.3 is 6.18 Å². The van der Waals surface area contributed by atoms with Crippen molar-refractivity contribution < 1.29 is 22.3 Å². The number of alkyl halides is 3. The van der Waals surface area contributed by atoms with Crippen molar-refractivity contribution in [3.63, 3.8) is 0 Å². The number of benzene rings is 1. The van der Waals surface area contributed by atoms with Crippen LogP contribution in [-0.2, 0) is 17.3 Å². The number of nitrogens with two attached hydrogens (primary N) is 1. The van der Waals surface area contributed by atoms with Crippen LogP contribution in [0, 0.1) is 0 Å². The highest BCUT2D eigenvalue weighted by molar-refractivity contribution is 5.73. The van der Waals surface area contributed by atoms with E-state index in [1.807, 2.05) is 0 Å². The number of ether oxygens (including phenoxy) is 1. The van der Waals surface area contributed by atoms with Crippen molar-refractivity contribution in [2.45, 2.75) is 18.7 Å². The molecule has 7 heteroatoms. The van der Waals surface area contributed by atoms with Gasteiger partial charge in [-0.3, -0.25) is 0 Å². The molecule has 1 aromatic carbocycles. The highest BCUT2D eigenvalue weighted by Crippen LogP contribution is 2.31. The van der Waals surface area contributed by atoms with Gasteiger partial charge in [-0.05, 0) is 18.2 Å². The second-order valence-electron chi connectivity index (χ2n) is 4.09. The zero-order valence-electron chi connectivity index (χ0n) is 10.2. The van der Waals surface area contributed by atoms with Crippen LogP contribution in [0.3, 0.4) is 0 Å². The maximum absolute atomic E-state index is 12.5. The molecule has 2 rings (SSSR count). The van der Waals surface area contributed by atoms with E-state index in [4.69, 9.17) is 14.9 Å². The van der Waals surface area contributed by atoms with Gasteiger partial charge in [-0.25, -0.2) is 4.98 Å². The maximum atomic E-state index is 12.5. The van der Waals surface area contributed by atoms with Gasteiger partial charge in [0.25, 0.3) is 0 Å². The first-order chi connectivity index (χ1) is 8.94. The van der Waals surface area contributed by atoms with Crippen LogP contribution in [0.1, 0.15) is 11.5 Å². The first-order valence-electron chi connectivity index (χ1n) is 5.63. The largest absolute Gasteiger partial charge is 0.441 e. The molecule has 0 saturated heterocycles. The van der Waals surface area contributed by atoms with Gasteiger partial charge in [-0.1, -0.05) is 0 Å². The van der Waals surface area contributed by atoms with Crippen molar-refractivity contribution in [3.8, 4) is 0 Å². The molecule has 2 N–H and O–H groups in total. The Balaban J connectivity index is 2.30. The molecule has 0 saturated carbocycles. The van der Waals surface area contributed by atoms with E-state index in [0.717, 1.165) is 12.1 Å². The Hall–Kier alpha value is -1.60. The Labute approximate surface area is 107 Å². The van der Waals surface area contributed by atoms with E-state index < -0.39 is 11.7 Å². The fraction of sp³-hybridized carbons (Fsp3) is 0.417. The number of fused-ring (bicyclic) bond motifs is 1. The smallest absolute Gasteiger partial charge is 0.416 e.